The molecule has 0 fully saturated rings. The lowest BCUT2D eigenvalue weighted by molar-refractivity contribution is -0.121. The van der Waals surface area contributed by atoms with E-state index in [0.717, 1.165) is 6.42 Å². The van der Waals surface area contributed by atoms with Gasteiger partial charge in [-0.15, -0.1) is 0 Å². The van der Waals surface area contributed by atoms with Gasteiger partial charge in [0.25, 0.3) is 0 Å². The summed E-state index contributed by atoms with van der Waals surface area (Å²) >= 11 is 0. The number of carbonyl (C=O) groups excluding carboxylic acids is 1. The van der Waals surface area contributed by atoms with Gasteiger partial charge in [-0.2, -0.15) is 0 Å². The summed E-state index contributed by atoms with van der Waals surface area (Å²) in [6.45, 7) is 2.12. The molecule has 0 aromatic rings. The summed E-state index contributed by atoms with van der Waals surface area (Å²) < 4.78 is 0. The Morgan fingerprint density at radius 1 is 1.58 bits per heavy atom. The molecule has 0 heterocycles. The Kier molecular flexibility index (Phi) is 6.70. The van der Waals surface area contributed by atoms with E-state index in [0.29, 0.717) is 19.4 Å². The minimum absolute atomic E-state index is 0.00244. The molecule has 0 aliphatic carbocycles. The minimum Gasteiger partial charge on any atom is -0.394 e. The second kappa shape index (κ2) is 7.06. The molecule has 0 saturated carbocycles. The van der Waals surface area contributed by atoms with Crippen molar-refractivity contribution < 1.29 is 15.0 Å². The number of nitrogens with one attached hydrogen (secondary N) is 1. The van der Waals surface area contributed by atoms with Crippen molar-refractivity contribution in [2.45, 2.75) is 32.3 Å². The maximum absolute atomic E-state index is 10.9. The molecule has 0 aliphatic heterocycles. The first-order valence-corrected chi connectivity index (χ1v) is 4.26. The van der Waals surface area contributed by atoms with E-state index in [2.05, 4.69) is 5.32 Å². The standard InChI is InChI=1S/C8H17NO3/c1-2-3-8(12)9-5-4-7(11)6-10/h7,10-11H,2-6H2,1H3,(H,9,12). The Hall–Kier alpha value is -0.610. The first-order chi connectivity index (χ1) is 5.70. The lowest BCUT2D eigenvalue weighted by Crippen LogP contribution is -2.27. The van der Waals surface area contributed by atoms with Crippen LogP contribution in [0.5, 0.6) is 0 Å². The largest absolute Gasteiger partial charge is 0.394 e. The van der Waals surface area contributed by atoms with E-state index in [4.69, 9.17) is 10.2 Å². The Morgan fingerprint density at radius 3 is 2.75 bits per heavy atom. The van der Waals surface area contributed by atoms with Crippen molar-refractivity contribution in [3.8, 4) is 0 Å². The maximum Gasteiger partial charge on any atom is 0.219 e. The number of amides is 1. The Morgan fingerprint density at radius 2 is 2.25 bits per heavy atom. The molecule has 0 saturated heterocycles. The predicted octanol–water partition coefficient (Wildman–Crippen LogP) is -0.354. The zero-order chi connectivity index (χ0) is 9.40. The molecular formula is C8H17NO3. The molecule has 1 unspecified atom stereocenters. The zero-order valence-corrected chi connectivity index (χ0v) is 7.42. The number of hydrogen-bond donors (Lipinski definition) is 3. The Labute approximate surface area is 72.6 Å². The molecule has 72 valence electrons. The smallest absolute Gasteiger partial charge is 0.219 e. The molecule has 1 amide bonds. The first kappa shape index (κ1) is 11.4. The molecule has 1 atom stereocenters. The molecule has 0 aliphatic rings. The van der Waals surface area contributed by atoms with Crippen LogP contribution in [-0.4, -0.2) is 35.4 Å². The summed E-state index contributed by atoms with van der Waals surface area (Å²) in [4.78, 5) is 10.9. The lowest BCUT2D eigenvalue weighted by atomic mass is 10.2. The van der Waals surface area contributed by atoms with Crippen LogP contribution in [0.3, 0.4) is 0 Å². The fourth-order valence-electron chi connectivity index (χ4n) is 0.785. The summed E-state index contributed by atoms with van der Waals surface area (Å²) in [5, 5.41) is 20.0. The second-order valence-electron chi connectivity index (χ2n) is 2.73. The van der Waals surface area contributed by atoms with Crippen LogP contribution in [0.1, 0.15) is 26.2 Å². The number of hydrogen-bond acceptors (Lipinski definition) is 3. The van der Waals surface area contributed by atoms with E-state index in [1.54, 1.807) is 0 Å². The molecule has 4 nitrogen and oxygen atoms in total. The van der Waals surface area contributed by atoms with Crippen molar-refractivity contribution in [1.29, 1.82) is 0 Å². The van der Waals surface area contributed by atoms with Crippen molar-refractivity contribution in [3.05, 3.63) is 0 Å². The summed E-state index contributed by atoms with van der Waals surface area (Å²) in [6.07, 6.45) is 1.04. The van der Waals surface area contributed by atoms with Gasteiger partial charge in [0, 0.05) is 13.0 Å². The van der Waals surface area contributed by atoms with Crippen molar-refractivity contribution in [2.24, 2.45) is 0 Å². The fraction of sp³-hybridized carbons (Fsp3) is 0.875. The summed E-state index contributed by atoms with van der Waals surface area (Å²) in [6, 6.07) is 0. The van der Waals surface area contributed by atoms with Crippen LogP contribution in [-0.2, 0) is 4.79 Å². The second-order valence-corrected chi connectivity index (χ2v) is 2.73. The van der Waals surface area contributed by atoms with Gasteiger partial charge >= 0.3 is 0 Å². The van der Waals surface area contributed by atoms with Gasteiger partial charge in [0.15, 0.2) is 0 Å². The van der Waals surface area contributed by atoms with Crippen molar-refractivity contribution >= 4 is 5.91 Å². The summed E-state index contributed by atoms with van der Waals surface area (Å²) in [5.41, 5.74) is 0. The van der Waals surface area contributed by atoms with Gasteiger partial charge < -0.3 is 15.5 Å². The van der Waals surface area contributed by atoms with E-state index >= 15 is 0 Å². The first-order valence-electron chi connectivity index (χ1n) is 4.26. The topological polar surface area (TPSA) is 69.6 Å². The molecular weight excluding hydrogens is 158 g/mol. The molecule has 3 N–H and O–H groups in total. The van der Waals surface area contributed by atoms with E-state index in [-0.39, 0.29) is 12.5 Å². The number of rotatable bonds is 6. The summed E-state index contributed by atoms with van der Waals surface area (Å²) in [5.74, 6) is 0.00244. The third kappa shape index (κ3) is 6.12. The van der Waals surface area contributed by atoms with Gasteiger partial charge in [-0.25, -0.2) is 0 Å². The predicted molar refractivity (Wildman–Crippen MR) is 45.6 cm³/mol. The van der Waals surface area contributed by atoms with Gasteiger partial charge in [-0.1, -0.05) is 6.92 Å². The van der Waals surface area contributed by atoms with Gasteiger partial charge in [-0.05, 0) is 12.8 Å². The van der Waals surface area contributed by atoms with E-state index in [9.17, 15) is 4.79 Å². The molecule has 4 heteroatoms. The average molecular weight is 175 g/mol. The molecule has 0 aromatic carbocycles. The van der Waals surface area contributed by atoms with Crippen LogP contribution in [0.2, 0.25) is 0 Å². The van der Waals surface area contributed by atoms with Crippen LogP contribution < -0.4 is 5.32 Å². The Balaban J connectivity index is 3.24. The van der Waals surface area contributed by atoms with Crippen LogP contribution in [0, 0.1) is 0 Å². The molecule has 0 spiro atoms. The van der Waals surface area contributed by atoms with Gasteiger partial charge in [0.1, 0.15) is 0 Å². The van der Waals surface area contributed by atoms with Crippen molar-refractivity contribution in [2.75, 3.05) is 13.2 Å². The van der Waals surface area contributed by atoms with Crippen LogP contribution >= 0.6 is 0 Å². The van der Waals surface area contributed by atoms with Gasteiger partial charge in [-0.3, -0.25) is 4.79 Å². The van der Waals surface area contributed by atoms with Crippen LogP contribution in [0.15, 0.2) is 0 Å². The van der Waals surface area contributed by atoms with Crippen LogP contribution in [0.4, 0.5) is 0 Å². The SMILES string of the molecule is CCCC(=O)NCCC(O)CO. The third-order valence-electron chi connectivity index (χ3n) is 1.49. The van der Waals surface area contributed by atoms with E-state index in [1.165, 1.54) is 0 Å². The summed E-state index contributed by atoms with van der Waals surface area (Å²) in [7, 11) is 0. The van der Waals surface area contributed by atoms with E-state index < -0.39 is 6.10 Å². The van der Waals surface area contributed by atoms with E-state index in [1.807, 2.05) is 6.92 Å². The van der Waals surface area contributed by atoms with Gasteiger partial charge in [0.2, 0.25) is 5.91 Å². The minimum atomic E-state index is -0.716. The monoisotopic (exact) mass is 175 g/mol. The zero-order valence-electron chi connectivity index (χ0n) is 7.42. The lowest BCUT2D eigenvalue weighted by Gasteiger charge is -2.07. The number of aliphatic hydroxyl groups is 2. The third-order valence-corrected chi connectivity index (χ3v) is 1.49. The number of aliphatic hydroxyl groups excluding tert-OH is 2. The number of carbonyl (C=O) groups is 1. The highest BCUT2D eigenvalue weighted by molar-refractivity contribution is 5.75. The normalized spacial score (nSPS) is 12.6. The van der Waals surface area contributed by atoms with Gasteiger partial charge in [0.05, 0.1) is 12.7 Å². The van der Waals surface area contributed by atoms with Crippen LogP contribution in [0.25, 0.3) is 0 Å². The molecule has 0 rings (SSSR count). The highest BCUT2D eigenvalue weighted by Gasteiger charge is 2.02. The molecule has 0 radical (unpaired) electrons. The quantitative estimate of drug-likeness (QED) is 0.516. The van der Waals surface area contributed by atoms with Crippen molar-refractivity contribution in [3.63, 3.8) is 0 Å². The highest BCUT2D eigenvalue weighted by atomic mass is 16.3. The fourth-order valence-corrected chi connectivity index (χ4v) is 0.785. The molecule has 0 bridgehead atoms. The highest BCUT2D eigenvalue weighted by Crippen LogP contribution is 1.89. The Bertz CT molecular complexity index is 127. The molecule has 12 heavy (non-hydrogen) atoms. The van der Waals surface area contributed by atoms with Crippen molar-refractivity contribution in [1.82, 2.24) is 5.32 Å². The molecule has 0 aromatic heterocycles. The average Bonchev–Trinajstić information content (AvgIpc) is 2.04. The maximum atomic E-state index is 10.9.